The molecule has 1 rings (SSSR count). The minimum Gasteiger partial charge on any atom is -0.325 e. The van der Waals surface area contributed by atoms with Crippen molar-refractivity contribution >= 4 is 21.4 Å². The minimum absolute atomic E-state index is 0.398. The number of sulfone groups is 1. The molecule has 0 saturated heterocycles. The van der Waals surface area contributed by atoms with Crippen molar-refractivity contribution in [2.45, 2.75) is 76.9 Å². The molecule has 25 heavy (non-hydrogen) atoms. The van der Waals surface area contributed by atoms with Gasteiger partial charge in [-0.1, -0.05) is 77.0 Å². The van der Waals surface area contributed by atoms with Gasteiger partial charge in [-0.15, -0.1) is 0 Å². The highest BCUT2D eigenvalue weighted by Gasteiger charge is 2.27. The van der Waals surface area contributed by atoms with Gasteiger partial charge in [0, 0.05) is 5.69 Å². The van der Waals surface area contributed by atoms with Gasteiger partial charge >= 0.3 is 0 Å². The van der Waals surface area contributed by atoms with Crippen molar-refractivity contribution in [3.05, 3.63) is 30.3 Å². The zero-order chi connectivity index (χ0) is 18.5. The number of hydrogen-bond donors (Lipinski definition) is 1. The normalized spacial score (nSPS) is 12.7. The van der Waals surface area contributed by atoms with Gasteiger partial charge in [0.2, 0.25) is 5.91 Å². The first-order valence-electron chi connectivity index (χ1n) is 9.56. The van der Waals surface area contributed by atoms with Crippen LogP contribution in [-0.4, -0.2) is 25.3 Å². The van der Waals surface area contributed by atoms with Gasteiger partial charge in [0.15, 0.2) is 9.84 Å². The Balaban J connectivity index is 2.50. The second-order valence-electron chi connectivity index (χ2n) is 6.69. The Bertz CT molecular complexity index is 584. The number of anilines is 1. The molecule has 4 nitrogen and oxygen atoms in total. The van der Waals surface area contributed by atoms with Crippen LogP contribution >= 0.6 is 0 Å². The molecule has 5 heteroatoms. The lowest BCUT2D eigenvalue weighted by atomic mass is 10.1. The number of rotatable bonds is 13. The van der Waals surface area contributed by atoms with Crippen molar-refractivity contribution in [3.63, 3.8) is 0 Å². The zero-order valence-electron chi connectivity index (χ0n) is 15.7. The van der Waals surface area contributed by atoms with Crippen LogP contribution in [-0.2, 0) is 14.6 Å². The summed E-state index contributed by atoms with van der Waals surface area (Å²) in [5, 5.41) is 2.27. The molecular formula is C20H33NO3S. The SMILES string of the molecule is CCCCCCCCC(CCC)S(=O)(=O)CC(=O)Nc1ccccc1. The summed E-state index contributed by atoms with van der Waals surface area (Å²) in [5.74, 6) is -0.877. The first-order valence-corrected chi connectivity index (χ1v) is 11.3. The van der Waals surface area contributed by atoms with E-state index in [9.17, 15) is 13.2 Å². The highest BCUT2D eigenvalue weighted by Crippen LogP contribution is 2.19. The number of para-hydroxylation sites is 1. The predicted molar refractivity (Wildman–Crippen MR) is 106 cm³/mol. The van der Waals surface area contributed by atoms with Crippen LogP contribution in [0.4, 0.5) is 5.69 Å². The first kappa shape index (κ1) is 21.7. The van der Waals surface area contributed by atoms with Gasteiger partial charge < -0.3 is 5.32 Å². The second kappa shape index (κ2) is 12.1. The van der Waals surface area contributed by atoms with Gasteiger partial charge in [-0.2, -0.15) is 0 Å². The number of unbranched alkanes of at least 4 members (excludes halogenated alkanes) is 5. The number of amides is 1. The molecule has 1 atom stereocenters. The van der Waals surface area contributed by atoms with Crippen molar-refractivity contribution in [2.75, 3.05) is 11.1 Å². The number of carbonyl (C=O) groups excluding carboxylic acids is 1. The molecule has 142 valence electrons. The second-order valence-corrected chi connectivity index (χ2v) is 8.97. The summed E-state index contributed by atoms with van der Waals surface area (Å²) in [6.07, 6.45) is 8.97. The largest absolute Gasteiger partial charge is 0.325 e. The van der Waals surface area contributed by atoms with Crippen molar-refractivity contribution in [1.82, 2.24) is 0 Å². The fourth-order valence-corrected chi connectivity index (χ4v) is 4.79. The van der Waals surface area contributed by atoms with E-state index in [0.29, 0.717) is 18.5 Å². The lowest BCUT2D eigenvalue weighted by Gasteiger charge is -2.17. The number of benzene rings is 1. The molecule has 0 radical (unpaired) electrons. The van der Waals surface area contributed by atoms with E-state index >= 15 is 0 Å². The molecule has 0 aromatic heterocycles. The molecule has 0 aliphatic heterocycles. The average Bonchev–Trinajstić information content (AvgIpc) is 2.57. The van der Waals surface area contributed by atoms with E-state index in [0.717, 1.165) is 19.3 Å². The van der Waals surface area contributed by atoms with E-state index in [1.807, 2.05) is 25.1 Å². The van der Waals surface area contributed by atoms with Crippen LogP contribution in [0.5, 0.6) is 0 Å². The molecule has 1 unspecified atom stereocenters. The summed E-state index contributed by atoms with van der Waals surface area (Å²) >= 11 is 0. The Kier molecular flexibility index (Phi) is 10.5. The topological polar surface area (TPSA) is 63.2 Å². The molecule has 0 aliphatic carbocycles. The van der Waals surface area contributed by atoms with E-state index in [4.69, 9.17) is 0 Å². The molecule has 0 heterocycles. The maximum Gasteiger partial charge on any atom is 0.239 e. The van der Waals surface area contributed by atoms with Gasteiger partial charge in [-0.3, -0.25) is 4.79 Å². The van der Waals surface area contributed by atoms with E-state index < -0.39 is 26.7 Å². The summed E-state index contributed by atoms with van der Waals surface area (Å²) in [5.41, 5.74) is 0.630. The van der Waals surface area contributed by atoms with Crippen molar-refractivity contribution in [1.29, 1.82) is 0 Å². The quantitative estimate of drug-likeness (QED) is 0.501. The smallest absolute Gasteiger partial charge is 0.239 e. The van der Waals surface area contributed by atoms with E-state index in [2.05, 4.69) is 12.2 Å². The van der Waals surface area contributed by atoms with Crippen molar-refractivity contribution < 1.29 is 13.2 Å². The summed E-state index contributed by atoms with van der Waals surface area (Å²) in [7, 11) is -3.41. The summed E-state index contributed by atoms with van der Waals surface area (Å²) in [6.45, 7) is 4.18. The van der Waals surface area contributed by atoms with Crippen LogP contribution in [0.2, 0.25) is 0 Å². The molecule has 0 aliphatic rings. The number of nitrogens with one attached hydrogen (secondary N) is 1. The van der Waals surface area contributed by atoms with Gasteiger partial charge in [0.1, 0.15) is 5.75 Å². The number of carbonyl (C=O) groups is 1. The highest BCUT2D eigenvalue weighted by atomic mass is 32.2. The van der Waals surface area contributed by atoms with Crippen LogP contribution in [0.1, 0.15) is 71.6 Å². The maximum atomic E-state index is 12.6. The Morgan fingerprint density at radius 1 is 0.920 bits per heavy atom. The highest BCUT2D eigenvalue weighted by molar-refractivity contribution is 7.92. The lowest BCUT2D eigenvalue weighted by molar-refractivity contribution is -0.113. The Morgan fingerprint density at radius 2 is 1.56 bits per heavy atom. The predicted octanol–water partition coefficient (Wildman–Crippen LogP) is 4.96. The first-order chi connectivity index (χ1) is 12.0. The third-order valence-corrected chi connectivity index (χ3v) is 6.54. The third kappa shape index (κ3) is 9.05. The van der Waals surface area contributed by atoms with Crippen LogP contribution in [0, 0.1) is 0 Å². The van der Waals surface area contributed by atoms with Crippen molar-refractivity contribution in [3.8, 4) is 0 Å². The van der Waals surface area contributed by atoms with E-state index in [-0.39, 0.29) is 0 Å². The molecule has 1 aromatic rings. The summed E-state index contributed by atoms with van der Waals surface area (Å²) < 4.78 is 25.3. The minimum atomic E-state index is -3.41. The molecule has 0 spiro atoms. The maximum absolute atomic E-state index is 12.6. The molecule has 1 N–H and O–H groups in total. The van der Waals surface area contributed by atoms with Crippen LogP contribution in [0.15, 0.2) is 30.3 Å². The molecule has 0 fully saturated rings. The molecule has 1 amide bonds. The monoisotopic (exact) mass is 367 g/mol. The van der Waals surface area contributed by atoms with Crippen LogP contribution in [0.3, 0.4) is 0 Å². The van der Waals surface area contributed by atoms with Crippen LogP contribution in [0.25, 0.3) is 0 Å². The zero-order valence-corrected chi connectivity index (χ0v) is 16.5. The van der Waals surface area contributed by atoms with Gasteiger partial charge in [0.25, 0.3) is 0 Å². The van der Waals surface area contributed by atoms with Crippen LogP contribution < -0.4 is 5.32 Å². The fourth-order valence-electron chi connectivity index (χ4n) is 3.00. The molecule has 0 bridgehead atoms. The molecule has 1 aromatic carbocycles. The van der Waals surface area contributed by atoms with E-state index in [1.54, 1.807) is 12.1 Å². The Morgan fingerprint density at radius 3 is 2.20 bits per heavy atom. The average molecular weight is 368 g/mol. The fraction of sp³-hybridized carbons (Fsp3) is 0.650. The van der Waals surface area contributed by atoms with E-state index in [1.165, 1.54) is 25.7 Å². The Hall–Kier alpha value is -1.36. The summed E-state index contributed by atoms with van der Waals surface area (Å²) in [4.78, 5) is 12.1. The summed E-state index contributed by atoms with van der Waals surface area (Å²) in [6, 6.07) is 8.98. The third-order valence-electron chi connectivity index (χ3n) is 4.39. The van der Waals surface area contributed by atoms with Gasteiger partial charge in [0.05, 0.1) is 5.25 Å². The van der Waals surface area contributed by atoms with Crippen molar-refractivity contribution in [2.24, 2.45) is 0 Å². The molecule has 0 saturated carbocycles. The standard InChI is InChI=1S/C20H33NO3S/c1-3-5-6-7-8-12-16-19(13-4-2)25(23,24)17-20(22)21-18-14-10-9-11-15-18/h9-11,14-15,19H,3-8,12-13,16-17H2,1-2H3,(H,21,22). The lowest BCUT2D eigenvalue weighted by Crippen LogP contribution is -2.31. The van der Waals surface area contributed by atoms with Gasteiger partial charge in [-0.25, -0.2) is 8.42 Å². The van der Waals surface area contributed by atoms with Gasteiger partial charge in [-0.05, 0) is 25.0 Å². The number of hydrogen-bond acceptors (Lipinski definition) is 3. The molecular weight excluding hydrogens is 334 g/mol. The Labute approximate surface area is 153 Å².